The van der Waals surface area contributed by atoms with Crippen LogP contribution in [0.2, 0.25) is 0 Å². The number of carbonyl (C=O) groups excluding carboxylic acids is 2. The predicted molar refractivity (Wildman–Crippen MR) is 107 cm³/mol. The highest BCUT2D eigenvalue weighted by molar-refractivity contribution is 6.35. The summed E-state index contributed by atoms with van der Waals surface area (Å²) < 4.78 is 10.5. The first-order chi connectivity index (χ1) is 13.7. The molecule has 1 fully saturated rings. The minimum atomic E-state index is -0.178. The number of carbonyl (C=O) groups is 2. The fourth-order valence-electron chi connectivity index (χ4n) is 4.10. The van der Waals surface area contributed by atoms with Crippen molar-refractivity contribution in [1.82, 2.24) is 9.80 Å². The summed E-state index contributed by atoms with van der Waals surface area (Å²) >= 11 is 0. The summed E-state index contributed by atoms with van der Waals surface area (Å²) in [6, 6.07) is 9.51. The lowest BCUT2D eigenvalue weighted by Crippen LogP contribution is -2.44. The van der Waals surface area contributed by atoms with E-state index in [2.05, 4.69) is 0 Å². The molecule has 3 rings (SSSR count). The van der Waals surface area contributed by atoms with Crippen molar-refractivity contribution in [3.05, 3.63) is 41.6 Å². The first-order valence-electron chi connectivity index (χ1n) is 10.1. The Hall–Kier alpha value is -2.18. The third-order valence-electron chi connectivity index (χ3n) is 5.54. The van der Waals surface area contributed by atoms with E-state index in [1.54, 1.807) is 14.2 Å². The van der Waals surface area contributed by atoms with E-state index < -0.39 is 0 Å². The molecular weight excluding hydrogens is 356 g/mol. The molecule has 2 aliphatic rings. The van der Waals surface area contributed by atoms with Gasteiger partial charge in [0.1, 0.15) is 5.70 Å². The van der Waals surface area contributed by atoms with E-state index >= 15 is 0 Å². The SMILES string of the molecule is COCCN(CCOC)C1=C(c2ccccc2)C(=O)N(C2CCCCC2)C1=O. The predicted octanol–water partition coefficient (Wildman–Crippen LogP) is 2.69. The van der Waals surface area contributed by atoms with Gasteiger partial charge in [0.2, 0.25) is 0 Å². The van der Waals surface area contributed by atoms with E-state index in [0.29, 0.717) is 37.6 Å². The summed E-state index contributed by atoms with van der Waals surface area (Å²) in [4.78, 5) is 30.4. The number of imide groups is 1. The largest absolute Gasteiger partial charge is 0.383 e. The van der Waals surface area contributed by atoms with Crippen molar-refractivity contribution in [2.45, 2.75) is 38.1 Å². The number of amides is 2. The number of nitrogens with zero attached hydrogens (tertiary/aromatic N) is 2. The first kappa shape index (κ1) is 20.6. The molecule has 152 valence electrons. The number of rotatable bonds is 9. The molecule has 0 atom stereocenters. The van der Waals surface area contributed by atoms with Crippen LogP contribution in [0.1, 0.15) is 37.7 Å². The Morgan fingerprint density at radius 1 is 0.929 bits per heavy atom. The summed E-state index contributed by atoms with van der Waals surface area (Å²) in [6.07, 6.45) is 5.09. The quantitative estimate of drug-likeness (QED) is 0.611. The highest BCUT2D eigenvalue weighted by atomic mass is 16.5. The average Bonchev–Trinajstić information content (AvgIpc) is 2.99. The molecule has 0 bridgehead atoms. The smallest absolute Gasteiger partial charge is 0.278 e. The van der Waals surface area contributed by atoms with E-state index in [9.17, 15) is 9.59 Å². The minimum Gasteiger partial charge on any atom is -0.383 e. The van der Waals surface area contributed by atoms with Crippen molar-refractivity contribution in [1.29, 1.82) is 0 Å². The van der Waals surface area contributed by atoms with Crippen molar-refractivity contribution in [2.75, 3.05) is 40.5 Å². The minimum absolute atomic E-state index is 0.00309. The number of ether oxygens (including phenoxy) is 2. The highest BCUT2D eigenvalue weighted by Crippen LogP contribution is 2.35. The molecule has 1 aliphatic carbocycles. The maximum atomic E-state index is 13.5. The molecule has 1 aliphatic heterocycles. The molecular formula is C22H30N2O4. The third-order valence-corrected chi connectivity index (χ3v) is 5.54. The van der Waals surface area contributed by atoms with Crippen LogP contribution in [-0.2, 0) is 19.1 Å². The average molecular weight is 386 g/mol. The van der Waals surface area contributed by atoms with Crippen LogP contribution in [0, 0.1) is 0 Å². The number of methoxy groups -OCH3 is 2. The van der Waals surface area contributed by atoms with E-state index in [1.807, 2.05) is 35.2 Å². The number of hydrogen-bond acceptors (Lipinski definition) is 5. The molecule has 0 radical (unpaired) electrons. The maximum Gasteiger partial charge on any atom is 0.278 e. The Morgan fingerprint density at radius 3 is 2.11 bits per heavy atom. The summed E-state index contributed by atoms with van der Waals surface area (Å²) in [6.45, 7) is 2.01. The van der Waals surface area contributed by atoms with Crippen LogP contribution in [0.15, 0.2) is 36.0 Å². The molecule has 1 aromatic rings. The fourth-order valence-corrected chi connectivity index (χ4v) is 4.10. The van der Waals surface area contributed by atoms with E-state index in [1.165, 1.54) is 11.3 Å². The van der Waals surface area contributed by atoms with Crippen molar-refractivity contribution < 1.29 is 19.1 Å². The lowest BCUT2D eigenvalue weighted by molar-refractivity contribution is -0.141. The molecule has 0 unspecified atom stereocenters. The highest BCUT2D eigenvalue weighted by Gasteiger charge is 2.44. The summed E-state index contributed by atoms with van der Waals surface area (Å²) in [5.74, 6) is -0.346. The molecule has 0 N–H and O–H groups in total. The first-order valence-corrected chi connectivity index (χ1v) is 10.1. The van der Waals surface area contributed by atoms with Gasteiger partial charge in [0.05, 0.1) is 18.8 Å². The Kier molecular flexibility index (Phi) is 7.23. The van der Waals surface area contributed by atoms with Crippen LogP contribution >= 0.6 is 0 Å². The molecule has 2 amide bonds. The molecule has 1 heterocycles. The van der Waals surface area contributed by atoms with Gasteiger partial charge in [-0.05, 0) is 18.4 Å². The van der Waals surface area contributed by atoms with E-state index in [0.717, 1.165) is 31.2 Å². The zero-order chi connectivity index (χ0) is 19.9. The summed E-state index contributed by atoms with van der Waals surface area (Å²) in [5.41, 5.74) is 1.77. The van der Waals surface area contributed by atoms with Crippen molar-refractivity contribution in [3.8, 4) is 0 Å². The second kappa shape index (κ2) is 9.85. The Labute approximate surface area is 167 Å². The molecule has 0 saturated heterocycles. The van der Waals surface area contributed by atoms with Crippen LogP contribution in [0.3, 0.4) is 0 Å². The second-order valence-electron chi connectivity index (χ2n) is 7.33. The van der Waals surface area contributed by atoms with Gasteiger partial charge in [0, 0.05) is 33.4 Å². The Morgan fingerprint density at radius 2 is 1.54 bits per heavy atom. The normalized spacial score (nSPS) is 18.3. The van der Waals surface area contributed by atoms with Crippen LogP contribution in [0.5, 0.6) is 0 Å². The lowest BCUT2D eigenvalue weighted by Gasteiger charge is -2.31. The molecule has 28 heavy (non-hydrogen) atoms. The van der Waals surface area contributed by atoms with Crippen LogP contribution < -0.4 is 0 Å². The van der Waals surface area contributed by atoms with Crippen LogP contribution in [-0.4, -0.2) is 68.2 Å². The topological polar surface area (TPSA) is 59.1 Å². The number of benzene rings is 1. The number of hydrogen-bond donors (Lipinski definition) is 0. The van der Waals surface area contributed by atoms with Crippen molar-refractivity contribution in [2.24, 2.45) is 0 Å². The molecule has 0 spiro atoms. The maximum absolute atomic E-state index is 13.5. The van der Waals surface area contributed by atoms with Crippen molar-refractivity contribution in [3.63, 3.8) is 0 Å². The van der Waals surface area contributed by atoms with Gasteiger partial charge in [-0.2, -0.15) is 0 Å². The molecule has 1 saturated carbocycles. The van der Waals surface area contributed by atoms with Crippen molar-refractivity contribution >= 4 is 17.4 Å². The van der Waals surface area contributed by atoms with Gasteiger partial charge in [-0.15, -0.1) is 0 Å². The van der Waals surface area contributed by atoms with Crippen LogP contribution in [0.4, 0.5) is 0 Å². The van der Waals surface area contributed by atoms with Gasteiger partial charge in [0.15, 0.2) is 0 Å². The van der Waals surface area contributed by atoms with Gasteiger partial charge in [-0.1, -0.05) is 49.6 Å². The van der Waals surface area contributed by atoms with Gasteiger partial charge in [-0.25, -0.2) is 0 Å². The molecule has 6 heteroatoms. The lowest BCUT2D eigenvalue weighted by atomic mass is 9.94. The molecule has 0 aromatic heterocycles. The zero-order valence-corrected chi connectivity index (χ0v) is 16.9. The standard InChI is InChI=1S/C22H30N2O4/c1-27-15-13-23(14-16-28-2)20-19(17-9-5-3-6-10-17)21(25)24(22(20)26)18-11-7-4-8-12-18/h3,5-6,9-10,18H,4,7-8,11-16H2,1-2H3. The third kappa shape index (κ3) is 4.28. The molecule has 6 nitrogen and oxygen atoms in total. The Bertz CT molecular complexity index is 703. The van der Waals surface area contributed by atoms with Gasteiger partial charge in [0.25, 0.3) is 11.8 Å². The summed E-state index contributed by atoms with van der Waals surface area (Å²) in [7, 11) is 3.27. The fraction of sp³-hybridized carbons (Fsp3) is 0.545. The van der Waals surface area contributed by atoms with E-state index in [4.69, 9.17) is 9.47 Å². The van der Waals surface area contributed by atoms with Gasteiger partial charge < -0.3 is 14.4 Å². The summed E-state index contributed by atoms with van der Waals surface area (Å²) in [5, 5.41) is 0. The zero-order valence-electron chi connectivity index (χ0n) is 16.9. The Balaban J connectivity index is 2.01. The van der Waals surface area contributed by atoms with Gasteiger partial charge >= 0.3 is 0 Å². The van der Waals surface area contributed by atoms with Gasteiger partial charge in [-0.3, -0.25) is 14.5 Å². The monoisotopic (exact) mass is 386 g/mol. The molecule has 1 aromatic carbocycles. The van der Waals surface area contributed by atoms with E-state index in [-0.39, 0.29) is 17.9 Å². The second-order valence-corrected chi connectivity index (χ2v) is 7.33. The van der Waals surface area contributed by atoms with Crippen LogP contribution in [0.25, 0.3) is 5.57 Å².